The fourth-order valence-electron chi connectivity index (χ4n) is 12.4. The van der Waals surface area contributed by atoms with Crippen LogP contribution in [0.25, 0.3) is 0 Å². The minimum Gasteiger partial charge on any atom is -0.467 e. The van der Waals surface area contributed by atoms with Gasteiger partial charge in [-0.05, 0) is 80.9 Å². The van der Waals surface area contributed by atoms with Gasteiger partial charge in [0, 0.05) is 83.6 Å². The first-order chi connectivity index (χ1) is 42.2. The summed E-state index contributed by atoms with van der Waals surface area (Å²) in [4.78, 5) is 106. The molecule has 0 bridgehead atoms. The highest BCUT2D eigenvalue weighted by molar-refractivity contribution is 7.89. The summed E-state index contributed by atoms with van der Waals surface area (Å²) in [5.74, 6) is 0.0473. The van der Waals surface area contributed by atoms with Crippen LogP contribution in [-0.2, 0) is 48.8 Å². The van der Waals surface area contributed by atoms with Gasteiger partial charge in [-0.1, -0.05) is 129 Å². The van der Waals surface area contributed by atoms with Crippen molar-refractivity contribution in [1.82, 2.24) is 60.3 Å². The fraction of sp³-hybridized carbons (Fsp3) is 0.677. The number of ether oxygens (including phenoxy) is 1. The number of urea groups is 2. The second-order valence-electron chi connectivity index (χ2n) is 30.2. The standard InChI is InChI=1S/C37H57N7O7S.C28H45N5O6S/c1-12-14-17-24(29(45)32(47)39-19-13-2)40-31(46)28-27-23(37(27,9)10)21-44(28)33(48)30(36(6,7)8)42-34(49)41-25(35(3,4)5)22-43(11)52(50,51)26-18-15-16-20-38-26;1-26(2,3)18(16-32(9)40(37,38)19-13-11-12-14-29-19)30-25(36)31-22(27(4,5)6)23(34)33-15-17-20(28(17,7)8)21(33)24(35)39-10/h1,13,15-16,18,20,23-25,27-30,45H,2,14,17,19,21-22H2,3-11H3,(H,39,47)(H,40,46)(H2,41,42,49);11-14,17-18,20-22H,15-16H2,1-10H3,(H2,30,31,36)/t23-,24?,25+,27-,28-,29?,30+;17-,18+,20-,21-,22+/m00/s1. The van der Waals surface area contributed by atoms with Crippen LogP contribution in [0.4, 0.5) is 9.59 Å². The van der Waals surface area contributed by atoms with Gasteiger partial charge in [0.2, 0.25) is 17.7 Å². The number of carbonyl (C=O) groups excluding carboxylic acids is 7. The molecule has 2 aliphatic carbocycles. The SMILES string of the molecule is C#CCCC(NC(=O)[C@@H]1[C@@H]2[C@H](CN1C(=O)[C@@H](NC(=O)N[C@H](CN(C)S(=O)(=O)c1ccccn1)C(C)(C)C)C(C)(C)C)C2(C)C)C(O)C(=O)NCC=C.COC(=O)[C@@H]1[C@@H]2[C@H](CN1C(=O)[C@@H](NC(=O)N[C@H](CN(C)S(=O)(=O)c1ccccn1)C(C)(C)C)C(C)(C)C)C2(C)C. The molecule has 92 heavy (non-hydrogen) atoms. The van der Waals surface area contributed by atoms with E-state index in [4.69, 9.17) is 11.2 Å². The highest BCUT2D eigenvalue weighted by Crippen LogP contribution is 2.66. The number of methoxy groups -OCH3 is 1. The van der Waals surface area contributed by atoms with Crippen LogP contribution < -0.4 is 31.9 Å². The number of hydrogen-bond donors (Lipinski definition) is 7. The van der Waals surface area contributed by atoms with Crippen LogP contribution in [0.5, 0.6) is 0 Å². The van der Waals surface area contributed by atoms with E-state index in [0.717, 1.165) is 8.61 Å². The maximum atomic E-state index is 14.4. The van der Waals surface area contributed by atoms with E-state index < -0.39 is 126 Å². The number of hydrogen-bond acceptors (Lipinski definition) is 15. The number of aliphatic hydroxyl groups excluding tert-OH is 1. The normalized spacial score (nSPS) is 22.6. The summed E-state index contributed by atoms with van der Waals surface area (Å²) >= 11 is 0. The number of rotatable bonds is 23. The van der Waals surface area contributed by atoms with E-state index in [-0.39, 0.29) is 89.5 Å². The molecule has 4 fully saturated rings. The molecule has 12 atom stereocenters. The van der Waals surface area contributed by atoms with Crippen LogP contribution in [0.3, 0.4) is 0 Å². The van der Waals surface area contributed by atoms with Crippen LogP contribution in [0.2, 0.25) is 0 Å². The van der Waals surface area contributed by atoms with Crippen LogP contribution in [-0.4, -0.2) is 194 Å². The summed E-state index contributed by atoms with van der Waals surface area (Å²) in [5.41, 5.74) is -2.89. The first kappa shape index (κ1) is 76.0. The highest BCUT2D eigenvalue weighted by atomic mass is 32.2. The van der Waals surface area contributed by atoms with Crippen molar-refractivity contribution >= 4 is 61.7 Å². The van der Waals surface area contributed by atoms with Gasteiger partial charge in [0.1, 0.15) is 24.2 Å². The summed E-state index contributed by atoms with van der Waals surface area (Å²) in [6.07, 6.45) is 8.45. The molecule has 2 saturated carbocycles. The second-order valence-corrected chi connectivity index (χ2v) is 34.2. The zero-order valence-corrected chi connectivity index (χ0v) is 58.8. The van der Waals surface area contributed by atoms with Crippen molar-refractivity contribution in [3.63, 3.8) is 0 Å². The molecule has 0 radical (unpaired) electrons. The summed E-state index contributed by atoms with van der Waals surface area (Å²) in [5, 5.41) is 27.4. The molecular weight excluding hydrogens is 1220 g/mol. The number of nitrogens with zero attached hydrogens (tertiary/aromatic N) is 6. The summed E-state index contributed by atoms with van der Waals surface area (Å²) in [7, 11) is -3.66. The predicted molar refractivity (Wildman–Crippen MR) is 348 cm³/mol. The first-order valence-electron chi connectivity index (χ1n) is 31.1. The van der Waals surface area contributed by atoms with Crippen LogP contribution in [0.15, 0.2) is 71.5 Å². The Morgan fingerprint density at radius 1 is 0.685 bits per heavy atom. The zero-order chi connectivity index (χ0) is 69.8. The minimum atomic E-state index is -3.95. The van der Waals surface area contributed by atoms with Crippen LogP contribution in [0.1, 0.15) is 124 Å². The zero-order valence-electron chi connectivity index (χ0n) is 57.2. The van der Waals surface area contributed by atoms with E-state index in [2.05, 4.69) is 68.2 Å². The average Bonchev–Trinajstić information content (AvgIpc) is 1.53. The third kappa shape index (κ3) is 17.5. The van der Waals surface area contributed by atoms with Crippen molar-refractivity contribution in [2.24, 2.45) is 56.2 Å². The lowest BCUT2D eigenvalue weighted by Crippen LogP contribution is -2.63. The molecule has 2 saturated heterocycles. The molecule has 0 spiro atoms. The predicted octanol–water partition coefficient (Wildman–Crippen LogP) is 4.36. The van der Waals surface area contributed by atoms with Gasteiger partial charge in [-0.3, -0.25) is 19.2 Å². The largest absolute Gasteiger partial charge is 0.467 e. The van der Waals surface area contributed by atoms with Gasteiger partial charge in [0.05, 0.1) is 13.2 Å². The molecule has 0 aromatic carbocycles. The Morgan fingerprint density at radius 3 is 1.43 bits per heavy atom. The van der Waals surface area contributed by atoms with E-state index in [0.29, 0.717) is 6.54 Å². The molecule has 7 N–H and O–H groups in total. The Morgan fingerprint density at radius 2 is 1.09 bits per heavy atom. The van der Waals surface area contributed by atoms with Gasteiger partial charge in [-0.25, -0.2) is 41.2 Å². The molecule has 25 nitrogen and oxygen atoms in total. The quantitative estimate of drug-likeness (QED) is 0.0462. The van der Waals surface area contributed by atoms with Crippen molar-refractivity contribution < 1.29 is 60.2 Å². The summed E-state index contributed by atoms with van der Waals surface area (Å²) in [6, 6.07) is 2.04. The van der Waals surface area contributed by atoms with E-state index in [1.807, 2.05) is 76.2 Å². The molecule has 2 aliphatic heterocycles. The molecule has 8 amide bonds. The maximum Gasteiger partial charge on any atom is 0.328 e. The lowest BCUT2D eigenvalue weighted by atomic mass is 9.85. The van der Waals surface area contributed by atoms with Crippen molar-refractivity contribution in [3.05, 3.63) is 61.4 Å². The molecule has 2 aromatic rings. The average molecular weight is 1320 g/mol. The number of sulfonamides is 2. The Kier molecular flexibility index (Phi) is 23.8. The Labute approximate surface area is 545 Å². The Hall–Kier alpha value is -6.73. The van der Waals surface area contributed by atoms with Gasteiger partial charge in [-0.2, -0.15) is 8.61 Å². The number of esters is 1. The number of carbonyl (C=O) groups is 7. The molecule has 4 heterocycles. The summed E-state index contributed by atoms with van der Waals surface area (Å²) in [6.45, 7) is 34.7. The van der Waals surface area contributed by atoms with Crippen molar-refractivity contribution in [2.75, 3.05) is 53.9 Å². The third-order valence-corrected chi connectivity index (χ3v) is 22.2. The Balaban J connectivity index is 0.000000345. The molecule has 2 aromatic heterocycles. The smallest absolute Gasteiger partial charge is 0.328 e. The van der Waals surface area contributed by atoms with Crippen LogP contribution >= 0.6 is 0 Å². The van der Waals surface area contributed by atoms with Gasteiger partial charge in [0.25, 0.3) is 26.0 Å². The second kappa shape index (κ2) is 28.9. The molecular formula is C65H102N12O13S2. The molecule has 512 valence electrons. The van der Waals surface area contributed by atoms with E-state index in [1.165, 1.54) is 56.7 Å². The number of aliphatic hydroxyl groups is 1. The highest BCUT2D eigenvalue weighted by Gasteiger charge is 2.71. The third-order valence-electron chi connectivity index (χ3n) is 18.7. The maximum absolute atomic E-state index is 14.4. The van der Waals surface area contributed by atoms with Gasteiger partial charge < -0.3 is 51.5 Å². The number of amides is 8. The number of fused-ring (bicyclic) bond motifs is 2. The molecule has 6 rings (SSSR count). The van der Waals surface area contributed by atoms with Crippen molar-refractivity contribution in [3.8, 4) is 12.3 Å². The van der Waals surface area contributed by atoms with Gasteiger partial charge in [0.15, 0.2) is 16.2 Å². The number of terminal acetylenes is 1. The molecule has 2 unspecified atom stereocenters. The van der Waals surface area contributed by atoms with E-state index >= 15 is 0 Å². The van der Waals surface area contributed by atoms with E-state index in [1.54, 1.807) is 49.9 Å². The topological polar surface area (TPSA) is 328 Å². The molecule has 27 heteroatoms. The fourth-order valence-corrected chi connectivity index (χ4v) is 14.6. The lowest BCUT2D eigenvalue weighted by Gasteiger charge is -2.39. The van der Waals surface area contributed by atoms with Gasteiger partial charge >= 0.3 is 18.0 Å². The van der Waals surface area contributed by atoms with Crippen molar-refractivity contribution in [1.29, 1.82) is 0 Å². The van der Waals surface area contributed by atoms with Crippen LogP contribution in [0, 0.1) is 68.5 Å². The lowest BCUT2D eigenvalue weighted by molar-refractivity contribution is -0.154. The number of nitrogens with one attached hydrogen (secondary N) is 6. The number of pyridine rings is 2. The molecule has 4 aliphatic rings. The Bertz CT molecular complexity index is 3280. The number of aromatic nitrogens is 2. The first-order valence-corrected chi connectivity index (χ1v) is 34.0. The van der Waals surface area contributed by atoms with Gasteiger partial charge in [-0.15, -0.1) is 18.9 Å². The van der Waals surface area contributed by atoms with Crippen molar-refractivity contribution in [2.45, 2.75) is 182 Å². The number of likely N-dealkylation sites (tertiary alicyclic amines) is 2. The minimum absolute atomic E-state index is 0.0141. The summed E-state index contributed by atoms with van der Waals surface area (Å²) < 4.78 is 59.9. The number of piperidine rings is 2. The van der Waals surface area contributed by atoms with E-state index in [9.17, 15) is 55.5 Å². The monoisotopic (exact) mass is 1320 g/mol. The number of likely N-dealkylation sites (N-methyl/N-ethyl adjacent to an activating group) is 2.